The molecular formula is C6H7BrN2O2. The number of methoxy groups -OCH3 is 2. The number of halogens is 1. The summed E-state index contributed by atoms with van der Waals surface area (Å²) >= 11 is 2.86. The first kappa shape index (κ1) is 2.90. The highest BCUT2D eigenvalue weighted by atomic mass is 79.9. The summed E-state index contributed by atoms with van der Waals surface area (Å²) in [6.07, 6.45) is -0.628. The number of nitrogens with zero attached hydrogens (tertiary/aromatic N) is 2. The van der Waals surface area contributed by atoms with Crippen LogP contribution in [0.4, 0.5) is 0 Å². The first-order valence-corrected chi connectivity index (χ1v) is 3.19. The van der Waals surface area contributed by atoms with Crippen LogP contribution >= 0.6 is 15.9 Å². The molecule has 0 radical (unpaired) electrons. The van der Waals surface area contributed by atoms with Crippen LogP contribution in [0, 0.1) is 0 Å². The molecule has 5 heteroatoms. The Morgan fingerprint density at radius 2 is 2.00 bits per heavy atom. The van der Waals surface area contributed by atoms with E-state index in [-0.39, 0.29) is 4.47 Å². The average Bonchev–Trinajstić information content (AvgIpc) is 2.07. The zero-order chi connectivity index (χ0) is 14.1. The molecule has 0 atom stereocenters. The van der Waals surface area contributed by atoms with Crippen molar-refractivity contribution in [2.75, 3.05) is 14.1 Å². The van der Waals surface area contributed by atoms with E-state index in [2.05, 4.69) is 35.4 Å². The van der Waals surface area contributed by atoms with Crippen molar-refractivity contribution in [3.05, 3.63) is 10.8 Å². The fraction of sp³-hybridized carbons (Fsp3) is 0.333. The molecule has 0 fully saturated rings. The van der Waals surface area contributed by atoms with Gasteiger partial charge in [-0.2, -0.15) is 0 Å². The van der Waals surface area contributed by atoms with Crippen molar-refractivity contribution in [3.63, 3.8) is 0 Å². The minimum absolute atomic E-state index is 0.189. The molecule has 0 N–H and O–H groups in total. The van der Waals surface area contributed by atoms with Crippen LogP contribution in [0.3, 0.4) is 0 Å². The molecule has 0 unspecified atom stereocenters. The summed E-state index contributed by atoms with van der Waals surface area (Å²) in [6, 6.07) is 0. The molecular weight excluding hydrogens is 212 g/mol. The molecule has 0 spiro atoms. The third kappa shape index (κ3) is 1.59. The summed E-state index contributed by atoms with van der Waals surface area (Å²) < 4.78 is 57.4. The van der Waals surface area contributed by atoms with E-state index in [0.29, 0.717) is 0 Å². The van der Waals surface area contributed by atoms with Crippen LogP contribution in [0.5, 0.6) is 11.8 Å². The topological polar surface area (TPSA) is 44.2 Å². The van der Waals surface area contributed by atoms with Crippen LogP contribution in [0.25, 0.3) is 0 Å². The smallest absolute Gasteiger partial charge is 0.234 e. The Morgan fingerprint density at radius 1 is 1.45 bits per heavy atom. The quantitative estimate of drug-likeness (QED) is 0.761. The summed E-state index contributed by atoms with van der Waals surface area (Å²) in [5.74, 6) is -0.983. The maximum Gasteiger partial charge on any atom is 0.234 e. The lowest BCUT2D eigenvalue weighted by Crippen LogP contribution is -1.94. The molecule has 1 aromatic heterocycles. The minimum Gasteiger partial charge on any atom is -0.480 e. The molecule has 0 amide bonds. The molecule has 0 aliphatic carbocycles. The highest BCUT2D eigenvalue weighted by molar-refractivity contribution is 9.10. The van der Waals surface area contributed by atoms with Gasteiger partial charge in [-0.3, -0.25) is 0 Å². The fourth-order valence-corrected chi connectivity index (χ4v) is 0.780. The van der Waals surface area contributed by atoms with Gasteiger partial charge in [-0.05, 0) is 15.9 Å². The van der Waals surface area contributed by atoms with Gasteiger partial charge >= 0.3 is 0 Å². The Kier molecular flexibility index (Phi) is 0.927. The third-order valence-electron chi connectivity index (χ3n) is 0.872. The number of hydrogen-bond acceptors (Lipinski definition) is 4. The minimum atomic E-state index is -2.79. The molecule has 1 rings (SSSR count). The summed E-state index contributed by atoms with van der Waals surface area (Å²) in [5.41, 5.74) is 0. The van der Waals surface area contributed by atoms with E-state index < -0.39 is 32.1 Å². The first-order chi connectivity index (χ1) is 7.98. The summed E-state index contributed by atoms with van der Waals surface area (Å²) in [6.45, 7) is 0. The van der Waals surface area contributed by atoms with E-state index >= 15 is 0 Å². The lowest BCUT2D eigenvalue weighted by molar-refractivity contribution is 0.366. The largest absolute Gasteiger partial charge is 0.480 e. The third-order valence-corrected chi connectivity index (χ3v) is 1.55. The van der Waals surface area contributed by atoms with Crippen molar-refractivity contribution in [1.82, 2.24) is 9.97 Å². The van der Waals surface area contributed by atoms with E-state index in [0.717, 1.165) is 0 Å². The second-order valence-corrected chi connectivity index (χ2v) is 2.25. The Bertz CT molecular complexity index is 410. The average molecular weight is 226 g/mol. The fourth-order valence-electron chi connectivity index (χ4n) is 0.441. The lowest BCUT2D eigenvalue weighted by atomic mass is 10.6. The zero-order valence-corrected chi connectivity index (χ0v) is 6.67. The Labute approximate surface area is 82.5 Å². The maximum atomic E-state index is 7.22. The molecule has 0 saturated heterocycles. The van der Waals surface area contributed by atoms with Gasteiger partial charge in [0.2, 0.25) is 11.8 Å². The second kappa shape index (κ2) is 3.52. The molecule has 0 aromatic carbocycles. The highest BCUT2D eigenvalue weighted by Gasteiger charge is 2.07. The van der Waals surface area contributed by atoms with Crippen LogP contribution in [0.2, 0.25) is 0 Å². The standard InChI is InChI=1S/C6H7BrN2O2/c1-10-5-4(7)6(11-2)9-3-8-5/h3H,1-2H3/i1D3,2D3,3D. The van der Waals surface area contributed by atoms with Gasteiger partial charge in [0.05, 0.1) is 22.3 Å². The van der Waals surface area contributed by atoms with E-state index in [1.807, 2.05) is 0 Å². The van der Waals surface area contributed by atoms with Crippen molar-refractivity contribution >= 4 is 15.9 Å². The molecule has 4 nitrogen and oxygen atoms in total. The van der Waals surface area contributed by atoms with Crippen molar-refractivity contribution in [2.45, 2.75) is 0 Å². The van der Waals surface area contributed by atoms with Gasteiger partial charge in [-0.25, -0.2) is 9.97 Å². The van der Waals surface area contributed by atoms with Gasteiger partial charge < -0.3 is 9.47 Å². The monoisotopic (exact) mass is 225 g/mol. The van der Waals surface area contributed by atoms with E-state index in [4.69, 9.17) is 9.60 Å². The zero-order valence-electron chi connectivity index (χ0n) is 12.1. The van der Waals surface area contributed by atoms with Gasteiger partial charge in [-0.15, -0.1) is 0 Å². The van der Waals surface area contributed by atoms with Crippen LogP contribution in [-0.4, -0.2) is 24.0 Å². The van der Waals surface area contributed by atoms with Gasteiger partial charge in [0.1, 0.15) is 12.1 Å². The van der Waals surface area contributed by atoms with Crippen molar-refractivity contribution in [2.24, 2.45) is 0 Å². The predicted molar refractivity (Wildman–Crippen MR) is 42.8 cm³/mol. The predicted octanol–water partition coefficient (Wildman–Crippen LogP) is 1.26. The number of rotatable bonds is 2. The summed E-state index contributed by atoms with van der Waals surface area (Å²) in [7, 11) is -5.58. The molecule has 0 bridgehead atoms. The van der Waals surface area contributed by atoms with Crippen molar-refractivity contribution in [1.29, 1.82) is 0 Å². The number of aromatic nitrogens is 2. The summed E-state index contributed by atoms with van der Waals surface area (Å²) in [5, 5.41) is 0. The molecule has 0 aliphatic heterocycles. The molecule has 1 heterocycles. The molecule has 1 aromatic rings. The maximum absolute atomic E-state index is 7.22. The van der Waals surface area contributed by atoms with Crippen LogP contribution in [0.15, 0.2) is 10.8 Å². The van der Waals surface area contributed by atoms with Crippen molar-refractivity contribution in [3.8, 4) is 11.8 Å². The SMILES string of the molecule is [2H]c1nc(OC([2H])([2H])[2H])c(Br)c(OC([2H])([2H])[2H])n1. The van der Waals surface area contributed by atoms with Crippen LogP contribution < -0.4 is 9.47 Å². The van der Waals surface area contributed by atoms with Crippen molar-refractivity contribution < 1.29 is 19.1 Å². The lowest BCUT2D eigenvalue weighted by Gasteiger charge is -2.03. The van der Waals surface area contributed by atoms with Crippen LogP contribution in [-0.2, 0) is 0 Å². The van der Waals surface area contributed by atoms with E-state index in [1.165, 1.54) is 0 Å². The number of ether oxygens (including phenoxy) is 2. The first-order valence-electron chi connectivity index (χ1n) is 5.90. The van der Waals surface area contributed by atoms with Gasteiger partial charge in [0, 0.05) is 0 Å². The second-order valence-electron chi connectivity index (χ2n) is 1.45. The molecule has 0 aliphatic rings. The Balaban J connectivity index is 3.14. The van der Waals surface area contributed by atoms with Crippen LogP contribution in [0.1, 0.15) is 9.60 Å². The number of hydrogen-bond donors (Lipinski definition) is 0. The van der Waals surface area contributed by atoms with Gasteiger partial charge in [0.15, 0.2) is 0 Å². The van der Waals surface area contributed by atoms with E-state index in [1.54, 1.807) is 0 Å². The Hall–Kier alpha value is -0.840. The molecule has 60 valence electrons. The normalized spacial score (nSPS) is 21.0. The highest BCUT2D eigenvalue weighted by Crippen LogP contribution is 2.28. The molecule has 11 heavy (non-hydrogen) atoms. The summed E-state index contributed by atoms with van der Waals surface area (Å²) in [4.78, 5) is 6.82. The van der Waals surface area contributed by atoms with Gasteiger partial charge in [0.25, 0.3) is 0 Å². The molecule has 0 saturated carbocycles. The Morgan fingerprint density at radius 3 is 2.45 bits per heavy atom. The van der Waals surface area contributed by atoms with Gasteiger partial charge in [-0.1, -0.05) is 0 Å². The van der Waals surface area contributed by atoms with E-state index in [9.17, 15) is 0 Å².